The zero-order valence-corrected chi connectivity index (χ0v) is 16.8. The predicted molar refractivity (Wildman–Crippen MR) is 109 cm³/mol. The molecule has 1 aliphatic rings. The van der Waals surface area contributed by atoms with Crippen molar-refractivity contribution in [1.82, 2.24) is 10.6 Å². The molecule has 4 N–H and O–H groups in total. The maximum Gasteiger partial charge on any atom is 0.408 e. The van der Waals surface area contributed by atoms with Gasteiger partial charge in [-0.2, -0.15) is 0 Å². The van der Waals surface area contributed by atoms with Crippen molar-refractivity contribution in [3.8, 4) is 11.8 Å². The van der Waals surface area contributed by atoms with Crippen LogP contribution in [0, 0.1) is 11.8 Å². The maximum absolute atomic E-state index is 12.5. The Labute approximate surface area is 170 Å². The van der Waals surface area contributed by atoms with Crippen LogP contribution in [0.2, 0.25) is 0 Å². The molecule has 29 heavy (non-hydrogen) atoms. The topological polar surface area (TPSA) is 115 Å². The lowest BCUT2D eigenvalue weighted by atomic mass is 10.2. The van der Waals surface area contributed by atoms with E-state index in [1.807, 2.05) is 30.3 Å². The molecule has 0 saturated carbocycles. The Kier molecular flexibility index (Phi) is 7.39. The molecule has 0 saturated heterocycles. The summed E-state index contributed by atoms with van der Waals surface area (Å²) in [7, 11) is 0. The van der Waals surface area contributed by atoms with Crippen LogP contribution in [0.3, 0.4) is 0 Å². The molecule has 154 valence electrons. The summed E-state index contributed by atoms with van der Waals surface area (Å²) in [6.07, 6.45) is 4.06. The van der Waals surface area contributed by atoms with Crippen molar-refractivity contribution < 1.29 is 19.1 Å². The first-order chi connectivity index (χ1) is 13.7. The van der Waals surface area contributed by atoms with Crippen LogP contribution in [-0.4, -0.2) is 35.7 Å². The monoisotopic (exact) mass is 398 g/mol. The van der Waals surface area contributed by atoms with Crippen molar-refractivity contribution >= 4 is 18.3 Å². The second kappa shape index (κ2) is 9.75. The Bertz CT molecular complexity index is 834. The van der Waals surface area contributed by atoms with E-state index in [0.29, 0.717) is 0 Å². The minimum atomic E-state index is -1.28. The van der Waals surface area contributed by atoms with E-state index in [1.54, 1.807) is 33.0 Å². The molecule has 1 amide bonds. The van der Waals surface area contributed by atoms with Crippen molar-refractivity contribution in [2.24, 2.45) is 10.7 Å². The summed E-state index contributed by atoms with van der Waals surface area (Å²) in [5.41, 5.74) is 6.10. The van der Waals surface area contributed by atoms with Gasteiger partial charge in [0.25, 0.3) is 0 Å². The molecule has 0 bridgehead atoms. The molecule has 0 aromatic heterocycles. The molecular formula is C21H26N4O4. The number of hydrogen-bond donors (Lipinski definition) is 3. The Balaban J connectivity index is 2.04. The van der Waals surface area contributed by atoms with Crippen molar-refractivity contribution in [2.45, 2.75) is 51.2 Å². The number of aliphatic imine (C=N–C) groups is 1. The number of amides is 1. The van der Waals surface area contributed by atoms with E-state index < -0.39 is 29.5 Å². The number of nitrogens with two attached hydrogens (primary N) is 1. The zero-order valence-electron chi connectivity index (χ0n) is 16.8. The summed E-state index contributed by atoms with van der Waals surface area (Å²) in [5.74, 6) is 3.63. The molecule has 0 radical (unpaired) electrons. The van der Waals surface area contributed by atoms with E-state index in [9.17, 15) is 9.59 Å². The average molecular weight is 398 g/mol. The lowest BCUT2D eigenvalue weighted by Crippen LogP contribution is -2.49. The number of carbonyl (C=O) groups is 2. The number of rotatable bonds is 5. The highest BCUT2D eigenvalue weighted by atomic mass is 16.6. The normalized spacial score (nSPS) is 18.6. The standard InChI is InChI=1S/C21H26N4O4/c1-20(2,3)29-19(27)25-17(11-7-12-21(22)23-13-8-14-24-21)18(26)28-15-16-9-5-4-6-10-16/h4-6,8-10,13-14,17,23H,11,15,22H2,1-3H3,(H,25,27). The van der Waals surface area contributed by atoms with Gasteiger partial charge < -0.3 is 20.1 Å². The number of alkyl carbamates (subject to hydrolysis) is 1. The fourth-order valence-electron chi connectivity index (χ4n) is 2.24. The highest BCUT2D eigenvalue weighted by molar-refractivity contribution is 5.81. The first-order valence-electron chi connectivity index (χ1n) is 9.14. The van der Waals surface area contributed by atoms with Crippen LogP contribution < -0.4 is 16.4 Å². The molecule has 0 aliphatic carbocycles. The van der Waals surface area contributed by atoms with E-state index in [-0.39, 0.29) is 13.0 Å². The van der Waals surface area contributed by atoms with Crippen LogP contribution in [0.4, 0.5) is 4.79 Å². The molecular weight excluding hydrogens is 372 g/mol. The number of carbonyl (C=O) groups excluding carboxylic acids is 2. The molecule has 2 rings (SSSR count). The summed E-state index contributed by atoms with van der Waals surface area (Å²) >= 11 is 0. The van der Waals surface area contributed by atoms with Crippen LogP contribution in [0.1, 0.15) is 32.8 Å². The molecule has 8 nitrogen and oxygen atoms in total. The van der Waals surface area contributed by atoms with E-state index in [1.165, 1.54) is 6.21 Å². The number of nitrogens with one attached hydrogen (secondary N) is 2. The Morgan fingerprint density at radius 1 is 1.31 bits per heavy atom. The zero-order chi connectivity index (χ0) is 21.3. The third-order valence-corrected chi connectivity index (χ3v) is 3.55. The van der Waals surface area contributed by atoms with Gasteiger partial charge >= 0.3 is 12.1 Å². The van der Waals surface area contributed by atoms with E-state index in [4.69, 9.17) is 15.2 Å². The van der Waals surface area contributed by atoms with Gasteiger partial charge in [-0.05, 0) is 38.3 Å². The SMILES string of the molecule is CC(C)(C)OC(=O)NC(CC#CC1(N)N=CC=CN1)C(=O)OCc1ccccc1. The summed E-state index contributed by atoms with van der Waals surface area (Å²) in [5, 5.41) is 5.32. The molecule has 1 aromatic rings. The van der Waals surface area contributed by atoms with Crippen LogP contribution in [0.15, 0.2) is 47.6 Å². The Hall–Kier alpha value is -3.31. The molecule has 1 aliphatic heterocycles. The van der Waals surface area contributed by atoms with Gasteiger partial charge in [0.15, 0.2) is 0 Å². The average Bonchev–Trinajstić information content (AvgIpc) is 2.65. The minimum Gasteiger partial charge on any atom is -0.459 e. The molecule has 2 atom stereocenters. The quantitative estimate of drug-likeness (QED) is 0.515. The van der Waals surface area contributed by atoms with Crippen molar-refractivity contribution in [1.29, 1.82) is 0 Å². The molecule has 0 spiro atoms. The maximum atomic E-state index is 12.5. The second-order valence-corrected chi connectivity index (χ2v) is 7.35. The Morgan fingerprint density at radius 3 is 2.66 bits per heavy atom. The van der Waals surface area contributed by atoms with E-state index >= 15 is 0 Å². The number of allylic oxidation sites excluding steroid dienone is 1. The van der Waals surface area contributed by atoms with Gasteiger partial charge in [-0.1, -0.05) is 36.3 Å². The van der Waals surface area contributed by atoms with Crippen molar-refractivity contribution in [3.63, 3.8) is 0 Å². The predicted octanol–water partition coefficient (Wildman–Crippen LogP) is 1.82. The van der Waals surface area contributed by atoms with E-state index in [2.05, 4.69) is 27.5 Å². The molecule has 2 unspecified atom stereocenters. The van der Waals surface area contributed by atoms with Crippen molar-refractivity contribution in [3.05, 3.63) is 48.2 Å². The molecule has 8 heteroatoms. The number of nitrogens with zero attached hydrogens (tertiary/aromatic N) is 1. The fourth-order valence-corrected chi connectivity index (χ4v) is 2.24. The van der Waals surface area contributed by atoms with Crippen LogP contribution in [0.5, 0.6) is 0 Å². The van der Waals surface area contributed by atoms with Crippen LogP contribution in [0.25, 0.3) is 0 Å². The Morgan fingerprint density at radius 2 is 2.03 bits per heavy atom. The minimum absolute atomic E-state index is 0.0211. The third kappa shape index (κ3) is 8.07. The highest BCUT2D eigenvalue weighted by Gasteiger charge is 2.26. The van der Waals surface area contributed by atoms with Gasteiger partial charge in [0.05, 0.1) is 0 Å². The molecule has 0 fully saturated rings. The van der Waals surface area contributed by atoms with Gasteiger partial charge in [0.2, 0.25) is 5.79 Å². The number of benzene rings is 1. The number of esters is 1. The fraction of sp³-hybridized carbons (Fsp3) is 0.381. The molecule has 1 aromatic carbocycles. The summed E-state index contributed by atoms with van der Waals surface area (Å²) in [6, 6.07) is 8.21. The largest absolute Gasteiger partial charge is 0.459 e. The first kappa shape index (κ1) is 22.0. The number of hydrogen-bond acceptors (Lipinski definition) is 7. The molecule has 1 heterocycles. The third-order valence-electron chi connectivity index (χ3n) is 3.55. The number of ether oxygens (including phenoxy) is 2. The second-order valence-electron chi connectivity index (χ2n) is 7.35. The van der Waals surface area contributed by atoms with Gasteiger partial charge in [-0.3, -0.25) is 5.73 Å². The smallest absolute Gasteiger partial charge is 0.408 e. The summed E-state index contributed by atoms with van der Waals surface area (Å²) < 4.78 is 10.5. The summed E-state index contributed by atoms with van der Waals surface area (Å²) in [6.45, 7) is 5.27. The first-order valence-corrected chi connectivity index (χ1v) is 9.14. The summed E-state index contributed by atoms with van der Waals surface area (Å²) in [4.78, 5) is 28.7. The lowest BCUT2D eigenvalue weighted by molar-refractivity contribution is -0.147. The highest BCUT2D eigenvalue weighted by Crippen LogP contribution is 2.09. The van der Waals surface area contributed by atoms with Gasteiger partial charge in [0.1, 0.15) is 18.2 Å². The van der Waals surface area contributed by atoms with Crippen LogP contribution in [-0.2, 0) is 20.9 Å². The lowest BCUT2D eigenvalue weighted by Gasteiger charge is -2.22. The van der Waals surface area contributed by atoms with Gasteiger partial charge in [-0.25, -0.2) is 14.6 Å². The van der Waals surface area contributed by atoms with Crippen molar-refractivity contribution in [2.75, 3.05) is 0 Å². The van der Waals surface area contributed by atoms with Gasteiger partial charge in [-0.15, -0.1) is 0 Å². The van der Waals surface area contributed by atoms with Crippen LogP contribution >= 0.6 is 0 Å². The van der Waals surface area contributed by atoms with E-state index in [0.717, 1.165) is 5.56 Å². The van der Waals surface area contributed by atoms with Gasteiger partial charge in [0, 0.05) is 18.8 Å².